The van der Waals surface area contributed by atoms with Crippen molar-refractivity contribution in [2.45, 2.75) is 182 Å². The number of hydrazone groups is 1. The summed E-state index contributed by atoms with van der Waals surface area (Å²) in [5.41, 5.74) is 7.88. The van der Waals surface area contributed by atoms with Crippen molar-refractivity contribution in [2.75, 3.05) is 71.5 Å². The molecule has 520 valence electrons. The molecule has 3 aromatic heterocycles. The number of nitrogens with zero attached hydrogens (tertiary/aromatic N) is 9. The lowest BCUT2D eigenvalue weighted by Gasteiger charge is -2.43. The Morgan fingerprint density at radius 1 is 0.874 bits per heavy atom. The highest BCUT2D eigenvalue weighted by atomic mass is 32.1. The molecule has 21 nitrogen and oxygen atoms in total. The largest absolute Gasteiger partial charge is 0.491 e. The molecular formula is C72H106FN13O8S. The number of aromatic nitrogens is 5. The number of likely N-dealkylation sites (N-methyl/N-ethyl adjacent to an activating group) is 1. The Morgan fingerprint density at radius 2 is 1.49 bits per heavy atom. The lowest BCUT2D eigenvalue weighted by Crippen LogP contribution is -2.51. The Balaban J connectivity index is 0.000000296. The predicted octanol–water partition coefficient (Wildman–Crippen LogP) is 12.6. The Kier molecular flexibility index (Phi) is 33.2. The number of carbonyl (C=O) groups is 5. The SMILES string of the molecule is C1CCCCC1.C=NNC(C)C.CC.CC(C(=O)NCC(=O)N1CCCC1)N(C)C(=O)OC(C)(C)C.CC12Cc3[nH]nc(C(=O)Nc4cnn(C(c5ccccc5)C5CN(CCOCCOc6cccc(C(=O)c7cscn7)c6)C5)c4)c3CC1N2F.CCC.c1ccccc1. The zero-order valence-electron chi connectivity index (χ0n) is 58.3. The number of fused-ring (bicyclic) bond motifs is 2. The van der Waals surface area contributed by atoms with E-state index >= 15 is 0 Å². The molecule has 4 amide bonds. The van der Waals surface area contributed by atoms with Crippen LogP contribution in [0.2, 0.25) is 0 Å². The van der Waals surface area contributed by atoms with Gasteiger partial charge in [-0.05, 0) is 85.4 Å². The molecule has 5 unspecified atom stereocenters. The van der Waals surface area contributed by atoms with Crippen LogP contribution >= 0.6 is 11.3 Å². The highest BCUT2D eigenvalue weighted by Crippen LogP contribution is 2.49. The summed E-state index contributed by atoms with van der Waals surface area (Å²) in [6, 6.07) is 28.9. The molecule has 4 fully saturated rings. The van der Waals surface area contributed by atoms with Crippen LogP contribution in [0.5, 0.6) is 5.75 Å². The number of H-pyrrole nitrogens is 1. The van der Waals surface area contributed by atoms with Crippen LogP contribution in [0.15, 0.2) is 119 Å². The maximum atomic E-state index is 14.2. The van der Waals surface area contributed by atoms with E-state index in [0.29, 0.717) is 73.0 Å². The number of benzene rings is 3. The van der Waals surface area contributed by atoms with E-state index in [2.05, 4.69) is 79.0 Å². The van der Waals surface area contributed by atoms with Gasteiger partial charge in [-0.3, -0.25) is 33.9 Å². The Hall–Kier alpha value is -7.86. The number of carbonyl (C=O) groups excluding carboxylic acids is 5. The number of hydrogen-bond acceptors (Lipinski definition) is 16. The molecule has 6 heterocycles. The monoisotopic (exact) mass is 1330 g/mol. The zero-order valence-corrected chi connectivity index (χ0v) is 59.1. The van der Waals surface area contributed by atoms with E-state index in [1.165, 1.54) is 68.2 Å². The topological polar surface area (TPSA) is 234 Å². The summed E-state index contributed by atoms with van der Waals surface area (Å²) < 4.78 is 33.0. The molecular weight excluding hydrogens is 1230 g/mol. The van der Waals surface area contributed by atoms with E-state index in [-0.39, 0.29) is 42.1 Å². The summed E-state index contributed by atoms with van der Waals surface area (Å²) in [4.78, 5) is 71.1. The van der Waals surface area contributed by atoms with Crippen LogP contribution in [0.4, 0.5) is 15.0 Å². The second-order valence-corrected chi connectivity index (χ2v) is 26.0. The van der Waals surface area contributed by atoms with Gasteiger partial charge in [0.2, 0.25) is 17.6 Å². The summed E-state index contributed by atoms with van der Waals surface area (Å²) in [6.07, 6.45) is 16.2. The number of anilines is 1. The average Bonchev–Trinajstić information content (AvgIpc) is 1.55. The van der Waals surface area contributed by atoms with Crippen molar-refractivity contribution in [3.63, 3.8) is 0 Å². The van der Waals surface area contributed by atoms with Gasteiger partial charge >= 0.3 is 6.09 Å². The molecule has 3 saturated heterocycles. The van der Waals surface area contributed by atoms with Crippen LogP contribution in [-0.4, -0.2) is 177 Å². The van der Waals surface area contributed by atoms with Gasteiger partial charge in [-0.2, -0.15) is 15.3 Å². The van der Waals surface area contributed by atoms with Gasteiger partial charge in [0.25, 0.3) is 5.91 Å². The van der Waals surface area contributed by atoms with Crippen LogP contribution in [0.25, 0.3) is 0 Å². The molecule has 95 heavy (non-hydrogen) atoms. The third-order valence-electron chi connectivity index (χ3n) is 16.1. The lowest BCUT2D eigenvalue weighted by atomic mass is 9.87. The number of hydrogen-bond donors (Lipinski definition) is 4. The molecule has 5 aliphatic rings. The number of aromatic amines is 1. The second kappa shape index (κ2) is 40.5. The van der Waals surface area contributed by atoms with Gasteiger partial charge in [-0.25, -0.2) is 9.78 Å². The number of likely N-dealkylation sites (tertiary alicyclic amines) is 2. The number of thiazole rings is 1. The molecule has 5 atom stereocenters. The number of amides is 4. The fourth-order valence-electron chi connectivity index (χ4n) is 10.9. The smallest absolute Gasteiger partial charge is 0.410 e. The summed E-state index contributed by atoms with van der Waals surface area (Å²) in [7, 11) is 1.50. The molecule has 0 spiro atoms. The minimum absolute atomic E-state index is 0.00759. The fourth-order valence-corrected chi connectivity index (χ4v) is 11.4. The van der Waals surface area contributed by atoms with Crippen molar-refractivity contribution in [1.29, 1.82) is 0 Å². The van der Waals surface area contributed by atoms with E-state index in [1.807, 2.05) is 106 Å². The zero-order chi connectivity index (χ0) is 69.3. The fraction of sp³-hybridized carbons (Fsp3) is 0.542. The van der Waals surface area contributed by atoms with Crippen LogP contribution in [0.3, 0.4) is 0 Å². The summed E-state index contributed by atoms with van der Waals surface area (Å²) >= 11 is 1.39. The maximum absolute atomic E-state index is 14.2. The lowest BCUT2D eigenvalue weighted by molar-refractivity contribution is -0.133. The normalized spacial score (nSPS) is 18.1. The third-order valence-corrected chi connectivity index (χ3v) is 16.7. The van der Waals surface area contributed by atoms with Gasteiger partial charge in [-0.1, -0.05) is 152 Å². The average molecular weight is 1330 g/mol. The van der Waals surface area contributed by atoms with Gasteiger partial charge in [0.05, 0.1) is 54.8 Å². The van der Waals surface area contributed by atoms with Gasteiger partial charge in [-0.15, -0.1) is 20.9 Å². The van der Waals surface area contributed by atoms with Crippen molar-refractivity contribution in [3.05, 3.63) is 148 Å². The first-order valence-corrected chi connectivity index (χ1v) is 34.7. The van der Waals surface area contributed by atoms with E-state index in [9.17, 15) is 28.5 Å². The second-order valence-electron chi connectivity index (χ2n) is 25.3. The third kappa shape index (κ3) is 25.3. The highest BCUT2D eigenvalue weighted by Gasteiger charge is 2.63. The number of nitrogens with one attached hydrogen (secondary N) is 4. The molecule has 3 aromatic carbocycles. The van der Waals surface area contributed by atoms with Gasteiger partial charge in [0, 0.05) is 93.3 Å². The molecule has 6 aromatic rings. The first-order valence-electron chi connectivity index (χ1n) is 33.8. The van der Waals surface area contributed by atoms with Gasteiger partial charge in [0.15, 0.2) is 5.69 Å². The minimum atomic E-state index is -0.707. The Morgan fingerprint density at radius 3 is 2.06 bits per heavy atom. The molecule has 3 aliphatic heterocycles. The number of halogens is 1. The Labute approximate surface area is 567 Å². The summed E-state index contributed by atoms with van der Waals surface area (Å²) in [6.45, 7) is 29.7. The molecule has 0 bridgehead atoms. The standard InChI is InChI=1S/C36H37FN8O4S.C15H27N3O4.C6H12.C6H6.C4H10N2.C3H8.C2H6/c1-36-16-29-28(15-31(36)45(36)37)32(42-41-29)35(47)40-26-17-39-44(20-26)33(23-6-3-2-4-7-23)25-18-43(19-25)10-11-48-12-13-49-27-9-5-8-24(14-27)34(46)30-21-50-22-38-30;1-11(17(5)14(21)22-15(2,3)4)13(20)16-10-12(19)18-8-6-7-9-18;2*1-2-4-6-5-3-1;1-4(2)6-5-3;1-3-2;1-2/h2-9,14,17,20-22,25,31,33H,10-13,15-16,18-19H2,1H3,(H,40,47)(H,41,42);11H,6-10H2,1-5H3,(H,16,20);1-6H2;1-6H;4,6H,3H2,1-2H3;3H2,1-2H3;1-2H3. The Bertz CT molecular complexity index is 3160. The van der Waals surface area contributed by atoms with Crippen molar-refractivity contribution < 1.29 is 42.7 Å². The number of rotatable bonds is 20. The number of ketones is 1. The first kappa shape index (κ1) is 77.8. The van der Waals surface area contributed by atoms with Crippen LogP contribution < -0.4 is 20.8 Å². The minimum Gasteiger partial charge on any atom is -0.491 e. The van der Waals surface area contributed by atoms with Crippen LogP contribution in [-0.2, 0) is 31.9 Å². The number of ether oxygens (including phenoxy) is 3. The van der Waals surface area contributed by atoms with E-state index < -0.39 is 23.3 Å². The summed E-state index contributed by atoms with van der Waals surface area (Å²) in [5, 5.41) is 23.5. The van der Waals surface area contributed by atoms with Crippen LogP contribution in [0, 0.1) is 5.92 Å². The predicted molar refractivity (Wildman–Crippen MR) is 376 cm³/mol. The molecule has 2 aliphatic carbocycles. The van der Waals surface area contributed by atoms with Crippen molar-refractivity contribution in [2.24, 2.45) is 11.0 Å². The molecule has 1 saturated carbocycles. The van der Waals surface area contributed by atoms with Crippen molar-refractivity contribution in [3.8, 4) is 5.75 Å². The highest BCUT2D eigenvalue weighted by molar-refractivity contribution is 7.07. The van der Waals surface area contributed by atoms with Gasteiger partial charge in [0.1, 0.15) is 29.7 Å². The molecule has 23 heteroatoms. The maximum Gasteiger partial charge on any atom is 0.410 e. The van der Waals surface area contributed by atoms with E-state index in [0.717, 1.165) is 67.5 Å². The van der Waals surface area contributed by atoms with Crippen molar-refractivity contribution in [1.82, 2.24) is 55.5 Å². The van der Waals surface area contributed by atoms with Crippen LogP contribution in [0.1, 0.15) is 183 Å². The van der Waals surface area contributed by atoms with E-state index in [1.54, 1.807) is 67.9 Å². The first-order chi connectivity index (χ1) is 45.7. The molecule has 0 radical (unpaired) electrons. The molecule has 4 N–H and O–H groups in total. The molecule has 11 rings (SSSR count). The van der Waals surface area contributed by atoms with Crippen molar-refractivity contribution >= 4 is 53.3 Å². The van der Waals surface area contributed by atoms with E-state index in [4.69, 9.17) is 14.2 Å². The summed E-state index contributed by atoms with van der Waals surface area (Å²) in [5.74, 6) is 0.0245. The van der Waals surface area contributed by atoms with Gasteiger partial charge < -0.3 is 40.1 Å². The quantitative estimate of drug-likeness (QED) is 0.0139.